The van der Waals surface area contributed by atoms with Gasteiger partial charge in [-0.05, 0) is 31.4 Å². The molecule has 0 aliphatic carbocycles. The number of aliphatic hydroxyl groups excluding tert-OH is 1. The van der Waals surface area contributed by atoms with Crippen molar-refractivity contribution in [1.82, 2.24) is 14.8 Å². The lowest BCUT2D eigenvalue weighted by molar-refractivity contribution is -0.132. The van der Waals surface area contributed by atoms with Gasteiger partial charge < -0.3 is 10.0 Å². The zero-order chi connectivity index (χ0) is 15.1. The van der Waals surface area contributed by atoms with Gasteiger partial charge in [-0.3, -0.25) is 14.7 Å². The summed E-state index contributed by atoms with van der Waals surface area (Å²) in [5.74, 6) is 0.231. The lowest BCUT2D eigenvalue weighted by Gasteiger charge is -2.25. The predicted molar refractivity (Wildman–Crippen MR) is 81.6 cm³/mol. The summed E-state index contributed by atoms with van der Waals surface area (Å²) >= 11 is 0. The number of hydrogen-bond donors (Lipinski definition) is 1. The van der Waals surface area contributed by atoms with Crippen molar-refractivity contribution in [2.24, 2.45) is 0 Å². The Hall–Kier alpha value is -1.46. The summed E-state index contributed by atoms with van der Waals surface area (Å²) in [5.41, 5.74) is 1.10. The average Bonchev–Trinajstić information content (AvgIpc) is 2.92. The van der Waals surface area contributed by atoms with Crippen LogP contribution in [0.5, 0.6) is 0 Å². The van der Waals surface area contributed by atoms with E-state index in [0.29, 0.717) is 25.6 Å². The molecule has 1 unspecified atom stereocenters. The van der Waals surface area contributed by atoms with E-state index in [9.17, 15) is 9.90 Å². The van der Waals surface area contributed by atoms with Crippen LogP contribution in [0.1, 0.15) is 31.7 Å². The van der Waals surface area contributed by atoms with Crippen molar-refractivity contribution in [2.45, 2.75) is 38.8 Å². The molecule has 1 aromatic heterocycles. The molecule has 1 aromatic rings. The van der Waals surface area contributed by atoms with Gasteiger partial charge in [0.25, 0.3) is 0 Å². The van der Waals surface area contributed by atoms with E-state index in [2.05, 4.69) is 16.8 Å². The molecule has 0 aromatic carbocycles. The summed E-state index contributed by atoms with van der Waals surface area (Å²) in [6.07, 6.45) is 6.32. The standard InChI is InChI=1S/C16H25N3O2/c1-14-4-3-8-19(14)16(21)6-9-18(10-11-20)13-15-5-2-7-17-12-15/h2,5,7,12,14,20H,3-4,6,8-11,13H2,1H3. The number of aromatic nitrogens is 1. The zero-order valence-corrected chi connectivity index (χ0v) is 12.7. The van der Waals surface area contributed by atoms with Gasteiger partial charge in [0.1, 0.15) is 0 Å². The van der Waals surface area contributed by atoms with Crippen LogP contribution in [0.2, 0.25) is 0 Å². The summed E-state index contributed by atoms with van der Waals surface area (Å²) in [6.45, 7) is 5.09. The number of carbonyl (C=O) groups is 1. The smallest absolute Gasteiger partial charge is 0.224 e. The third-order valence-electron chi connectivity index (χ3n) is 4.06. The average molecular weight is 291 g/mol. The SMILES string of the molecule is CC1CCCN1C(=O)CCN(CCO)Cc1cccnc1. The van der Waals surface area contributed by atoms with E-state index in [1.807, 2.05) is 23.2 Å². The van der Waals surface area contributed by atoms with Gasteiger partial charge in [-0.1, -0.05) is 6.07 Å². The van der Waals surface area contributed by atoms with Crippen molar-refractivity contribution >= 4 is 5.91 Å². The van der Waals surface area contributed by atoms with Crippen molar-refractivity contribution in [2.75, 3.05) is 26.2 Å². The topological polar surface area (TPSA) is 56.7 Å². The Labute approximate surface area is 126 Å². The highest BCUT2D eigenvalue weighted by Crippen LogP contribution is 2.17. The number of amides is 1. The van der Waals surface area contributed by atoms with Crippen molar-refractivity contribution in [3.63, 3.8) is 0 Å². The summed E-state index contributed by atoms with van der Waals surface area (Å²) in [7, 11) is 0. The maximum Gasteiger partial charge on any atom is 0.224 e. The number of nitrogens with zero attached hydrogens (tertiary/aromatic N) is 3. The van der Waals surface area contributed by atoms with Crippen LogP contribution in [-0.4, -0.2) is 58.1 Å². The van der Waals surface area contributed by atoms with Gasteiger partial charge in [0.05, 0.1) is 6.61 Å². The molecule has 5 nitrogen and oxygen atoms in total. The molecule has 116 valence electrons. The van der Waals surface area contributed by atoms with Gasteiger partial charge in [0, 0.05) is 51.0 Å². The highest BCUT2D eigenvalue weighted by Gasteiger charge is 2.24. The molecule has 1 aliphatic heterocycles. The van der Waals surface area contributed by atoms with Gasteiger partial charge in [-0.2, -0.15) is 0 Å². The molecule has 1 atom stereocenters. The first-order chi connectivity index (χ1) is 10.2. The summed E-state index contributed by atoms with van der Waals surface area (Å²) < 4.78 is 0. The minimum Gasteiger partial charge on any atom is -0.395 e. The Morgan fingerprint density at radius 3 is 3.00 bits per heavy atom. The molecule has 1 N–H and O–H groups in total. The van der Waals surface area contributed by atoms with Crippen LogP contribution in [0, 0.1) is 0 Å². The van der Waals surface area contributed by atoms with Crippen LogP contribution in [0.15, 0.2) is 24.5 Å². The molecule has 0 radical (unpaired) electrons. The van der Waals surface area contributed by atoms with Crippen molar-refractivity contribution < 1.29 is 9.90 Å². The minimum atomic E-state index is 0.106. The molecule has 0 spiro atoms. The minimum absolute atomic E-state index is 0.106. The summed E-state index contributed by atoms with van der Waals surface area (Å²) in [4.78, 5) is 20.4. The highest BCUT2D eigenvalue weighted by molar-refractivity contribution is 5.77. The first kappa shape index (κ1) is 15.9. The number of carbonyl (C=O) groups excluding carboxylic acids is 1. The molecule has 5 heteroatoms. The molecule has 0 bridgehead atoms. The third-order valence-corrected chi connectivity index (χ3v) is 4.06. The van der Waals surface area contributed by atoms with Crippen LogP contribution in [0.4, 0.5) is 0 Å². The van der Waals surface area contributed by atoms with E-state index in [-0.39, 0.29) is 12.5 Å². The predicted octanol–water partition coefficient (Wildman–Crippen LogP) is 1.28. The molecule has 1 aliphatic rings. The number of hydrogen-bond acceptors (Lipinski definition) is 4. The van der Waals surface area contributed by atoms with E-state index in [4.69, 9.17) is 0 Å². The number of aliphatic hydroxyl groups is 1. The van der Waals surface area contributed by atoms with Crippen LogP contribution in [-0.2, 0) is 11.3 Å². The first-order valence-corrected chi connectivity index (χ1v) is 7.72. The summed E-state index contributed by atoms with van der Waals surface area (Å²) in [5, 5.41) is 9.18. The van der Waals surface area contributed by atoms with Gasteiger partial charge in [-0.15, -0.1) is 0 Å². The molecular weight excluding hydrogens is 266 g/mol. The Balaban J connectivity index is 1.83. The van der Waals surface area contributed by atoms with Crippen LogP contribution in [0.3, 0.4) is 0 Å². The largest absolute Gasteiger partial charge is 0.395 e. The maximum atomic E-state index is 12.2. The number of pyridine rings is 1. The lowest BCUT2D eigenvalue weighted by atomic mass is 10.2. The van der Waals surface area contributed by atoms with E-state index < -0.39 is 0 Å². The third kappa shape index (κ3) is 4.79. The van der Waals surface area contributed by atoms with Crippen molar-refractivity contribution in [3.8, 4) is 0 Å². The van der Waals surface area contributed by atoms with Crippen LogP contribution in [0.25, 0.3) is 0 Å². The van der Waals surface area contributed by atoms with E-state index >= 15 is 0 Å². The maximum absolute atomic E-state index is 12.2. The van der Waals surface area contributed by atoms with Gasteiger partial charge in [0.2, 0.25) is 5.91 Å². The highest BCUT2D eigenvalue weighted by atomic mass is 16.3. The summed E-state index contributed by atoms with van der Waals surface area (Å²) in [6, 6.07) is 4.30. The fourth-order valence-corrected chi connectivity index (χ4v) is 2.86. The number of likely N-dealkylation sites (tertiary alicyclic amines) is 1. The van der Waals surface area contributed by atoms with Crippen molar-refractivity contribution in [1.29, 1.82) is 0 Å². The second-order valence-corrected chi connectivity index (χ2v) is 5.69. The second-order valence-electron chi connectivity index (χ2n) is 5.69. The first-order valence-electron chi connectivity index (χ1n) is 7.72. The zero-order valence-electron chi connectivity index (χ0n) is 12.7. The van der Waals surface area contributed by atoms with E-state index in [1.165, 1.54) is 0 Å². The molecule has 1 amide bonds. The van der Waals surface area contributed by atoms with Crippen molar-refractivity contribution in [3.05, 3.63) is 30.1 Å². The monoisotopic (exact) mass is 291 g/mol. The quantitative estimate of drug-likeness (QED) is 0.822. The molecule has 2 rings (SSSR count). The Kier molecular flexibility index (Phi) is 6.14. The Morgan fingerprint density at radius 1 is 1.52 bits per heavy atom. The molecule has 1 fully saturated rings. The normalized spacial score (nSPS) is 18.4. The molecule has 0 saturated carbocycles. The van der Waals surface area contributed by atoms with Crippen LogP contribution < -0.4 is 0 Å². The Morgan fingerprint density at radius 2 is 2.38 bits per heavy atom. The van der Waals surface area contributed by atoms with Gasteiger partial charge in [-0.25, -0.2) is 0 Å². The van der Waals surface area contributed by atoms with Crippen LogP contribution >= 0.6 is 0 Å². The number of rotatable bonds is 7. The fourth-order valence-electron chi connectivity index (χ4n) is 2.86. The Bertz CT molecular complexity index is 438. The molecular formula is C16H25N3O2. The second kappa shape index (κ2) is 8.10. The van der Waals surface area contributed by atoms with E-state index in [1.54, 1.807) is 6.20 Å². The van der Waals surface area contributed by atoms with E-state index in [0.717, 1.165) is 31.5 Å². The van der Waals surface area contributed by atoms with Gasteiger partial charge >= 0.3 is 0 Å². The molecule has 1 saturated heterocycles. The fraction of sp³-hybridized carbons (Fsp3) is 0.625. The lowest BCUT2D eigenvalue weighted by Crippen LogP contribution is -2.37. The molecule has 2 heterocycles. The van der Waals surface area contributed by atoms with Gasteiger partial charge in [0.15, 0.2) is 0 Å². The molecule has 21 heavy (non-hydrogen) atoms.